The smallest absolute Gasteiger partial charge is 0.195 e. The van der Waals surface area contributed by atoms with Crippen molar-refractivity contribution in [3.8, 4) is 0 Å². The third-order valence-corrected chi connectivity index (χ3v) is 4.17. The Balaban J connectivity index is 0.00000108. The molecule has 87 valence electrons. The fourth-order valence-corrected chi connectivity index (χ4v) is 3.26. The molecule has 17 heavy (non-hydrogen) atoms. The van der Waals surface area contributed by atoms with E-state index in [0.717, 1.165) is 0 Å². The molecule has 1 heterocycles. The molecule has 2 nitrogen and oxygen atoms in total. The average molecular weight is 287 g/mol. The Labute approximate surface area is 112 Å². The zero-order valence-electron chi connectivity index (χ0n) is 8.68. The van der Waals surface area contributed by atoms with Crippen molar-refractivity contribution >= 4 is 16.6 Å². The van der Waals surface area contributed by atoms with Crippen LogP contribution in [-0.2, 0) is 27.6 Å². The SMILES string of the molecule is O=C1c2ccccc2S(=O)c2ccccc21.[Co]. The van der Waals surface area contributed by atoms with Gasteiger partial charge in [-0.25, -0.2) is 4.21 Å². The first-order valence-electron chi connectivity index (χ1n) is 4.93. The third-order valence-electron chi connectivity index (χ3n) is 2.66. The predicted molar refractivity (Wildman–Crippen MR) is 61.0 cm³/mol. The number of hydrogen-bond acceptors (Lipinski definition) is 2. The molecule has 1 aliphatic heterocycles. The van der Waals surface area contributed by atoms with Crippen LogP contribution in [0.5, 0.6) is 0 Å². The molecule has 0 fully saturated rings. The number of ketones is 1. The largest absolute Gasteiger partial charge is 0.289 e. The van der Waals surface area contributed by atoms with Crippen molar-refractivity contribution in [3.05, 3.63) is 59.7 Å². The molecule has 0 aromatic heterocycles. The van der Waals surface area contributed by atoms with E-state index in [1.807, 2.05) is 0 Å². The van der Waals surface area contributed by atoms with Gasteiger partial charge in [0.15, 0.2) is 5.78 Å². The number of carbonyl (C=O) groups is 1. The van der Waals surface area contributed by atoms with Gasteiger partial charge in [0.25, 0.3) is 0 Å². The van der Waals surface area contributed by atoms with E-state index in [2.05, 4.69) is 0 Å². The Hall–Kier alpha value is -1.23. The van der Waals surface area contributed by atoms with Crippen LogP contribution in [0.25, 0.3) is 0 Å². The average Bonchev–Trinajstić information content (AvgIpc) is 2.36. The second-order valence-electron chi connectivity index (χ2n) is 3.59. The van der Waals surface area contributed by atoms with Crippen LogP contribution in [0.4, 0.5) is 0 Å². The summed E-state index contributed by atoms with van der Waals surface area (Å²) in [6.07, 6.45) is 0. The topological polar surface area (TPSA) is 34.1 Å². The maximum Gasteiger partial charge on any atom is 0.195 e. The molecule has 0 saturated heterocycles. The Kier molecular flexibility index (Phi) is 3.28. The first-order chi connectivity index (χ1) is 7.79. The molecule has 0 saturated carbocycles. The molecule has 2 aromatic carbocycles. The summed E-state index contributed by atoms with van der Waals surface area (Å²) in [4.78, 5) is 13.4. The van der Waals surface area contributed by atoms with Crippen molar-refractivity contribution in [2.24, 2.45) is 0 Å². The zero-order chi connectivity index (χ0) is 11.1. The van der Waals surface area contributed by atoms with Gasteiger partial charge in [-0.3, -0.25) is 4.79 Å². The van der Waals surface area contributed by atoms with Crippen LogP contribution in [-0.4, -0.2) is 9.99 Å². The van der Waals surface area contributed by atoms with Crippen molar-refractivity contribution in [1.82, 2.24) is 0 Å². The minimum absolute atomic E-state index is 0. The van der Waals surface area contributed by atoms with Crippen LogP contribution in [0.1, 0.15) is 15.9 Å². The van der Waals surface area contributed by atoms with Gasteiger partial charge in [0, 0.05) is 27.9 Å². The van der Waals surface area contributed by atoms with E-state index in [9.17, 15) is 9.00 Å². The van der Waals surface area contributed by atoms with Gasteiger partial charge in [0.1, 0.15) is 0 Å². The molecule has 0 N–H and O–H groups in total. The van der Waals surface area contributed by atoms with Crippen molar-refractivity contribution in [2.45, 2.75) is 9.79 Å². The van der Waals surface area contributed by atoms with Crippen LogP contribution >= 0.6 is 0 Å². The van der Waals surface area contributed by atoms with E-state index in [1.165, 1.54) is 0 Å². The molecule has 4 heteroatoms. The number of rotatable bonds is 0. The second-order valence-corrected chi connectivity index (χ2v) is 5.01. The van der Waals surface area contributed by atoms with Gasteiger partial charge in [-0.1, -0.05) is 24.3 Å². The van der Waals surface area contributed by atoms with Crippen molar-refractivity contribution in [1.29, 1.82) is 0 Å². The van der Waals surface area contributed by atoms with Gasteiger partial charge in [0.05, 0.1) is 20.6 Å². The predicted octanol–water partition coefficient (Wildman–Crippen LogP) is 2.40. The van der Waals surface area contributed by atoms with Crippen LogP contribution in [0.3, 0.4) is 0 Å². The van der Waals surface area contributed by atoms with Gasteiger partial charge in [0.2, 0.25) is 0 Å². The van der Waals surface area contributed by atoms with Crippen molar-refractivity contribution < 1.29 is 25.8 Å². The Morgan fingerprint density at radius 2 is 1.18 bits per heavy atom. The number of benzene rings is 2. The fourth-order valence-electron chi connectivity index (χ4n) is 1.90. The molecule has 2 aromatic rings. The third kappa shape index (κ3) is 1.78. The Morgan fingerprint density at radius 1 is 0.765 bits per heavy atom. The van der Waals surface area contributed by atoms with Gasteiger partial charge in [-0.15, -0.1) is 0 Å². The molecular weight excluding hydrogens is 279 g/mol. The summed E-state index contributed by atoms with van der Waals surface area (Å²) >= 11 is 0. The maximum absolute atomic E-state index is 12.2. The van der Waals surface area contributed by atoms with E-state index in [-0.39, 0.29) is 22.6 Å². The summed E-state index contributed by atoms with van der Waals surface area (Å²) in [6.45, 7) is 0. The molecule has 0 spiro atoms. The number of fused-ring (bicyclic) bond motifs is 2. The first-order valence-corrected chi connectivity index (χ1v) is 6.08. The summed E-state index contributed by atoms with van der Waals surface area (Å²) in [5.41, 5.74) is 1.11. The molecular formula is C13H8CoO2S. The van der Waals surface area contributed by atoms with E-state index in [4.69, 9.17) is 0 Å². The quantitative estimate of drug-likeness (QED) is 0.636. The summed E-state index contributed by atoms with van der Waals surface area (Å²) in [7, 11) is -1.23. The molecule has 0 unspecified atom stereocenters. The minimum atomic E-state index is -1.23. The van der Waals surface area contributed by atoms with E-state index in [1.54, 1.807) is 48.5 Å². The molecule has 1 aliphatic rings. The van der Waals surface area contributed by atoms with Crippen molar-refractivity contribution in [3.63, 3.8) is 0 Å². The van der Waals surface area contributed by atoms with E-state index >= 15 is 0 Å². The summed E-state index contributed by atoms with van der Waals surface area (Å²) in [6, 6.07) is 14.1. The standard InChI is InChI=1S/C13H8O2S.Co/c14-13-9-5-1-3-7-11(9)16(15)12-8-4-2-6-10(12)13;/h1-8H;. The van der Waals surface area contributed by atoms with Crippen LogP contribution in [0.2, 0.25) is 0 Å². The Morgan fingerprint density at radius 3 is 1.65 bits per heavy atom. The summed E-state index contributed by atoms with van der Waals surface area (Å²) < 4.78 is 12.2. The summed E-state index contributed by atoms with van der Waals surface area (Å²) in [5.74, 6) is -0.0363. The van der Waals surface area contributed by atoms with Gasteiger partial charge in [-0.2, -0.15) is 0 Å². The van der Waals surface area contributed by atoms with E-state index in [0.29, 0.717) is 20.9 Å². The number of hydrogen-bond donors (Lipinski definition) is 0. The van der Waals surface area contributed by atoms with Gasteiger partial charge in [-0.05, 0) is 24.3 Å². The molecule has 3 rings (SSSR count). The Bertz CT molecular complexity index is 517. The van der Waals surface area contributed by atoms with Crippen LogP contribution in [0.15, 0.2) is 58.3 Å². The molecule has 1 radical (unpaired) electrons. The minimum Gasteiger partial charge on any atom is -0.289 e. The normalized spacial score (nSPS) is 13.5. The second kappa shape index (κ2) is 4.56. The molecule has 0 atom stereocenters. The summed E-state index contributed by atoms with van der Waals surface area (Å²) in [5, 5.41) is 0. The molecule has 0 bridgehead atoms. The fraction of sp³-hybridized carbons (Fsp3) is 0. The molecule has 0 amide bonds. The van der Waals surface area contributed by atoms with Gasteiger partial charge >= 0.3 is 0 Å². The monoisotopic (exact) mass is 287 g/mol. The van der Waals surface area contributed by atoms with Gasteiger partial charge < -0.3 is 0 Å². The van der Waals surface area contributed by atoms with Crippen LogP contribution in [0, 0.1) is 0 Å². The first kappa shape index (κ1) is 12.2. The van der Waals surface area contributed by atoms with E-state index < -0.39 is 10.8 Å². The molecule has 0 aliphatic carbocycles. The van der Waals surface area contributed by atoms with Crippen molar-refractivity contribution in [2.75, 3.05) is 0 Å². The van der Waals surface area contributed by atoms with Crippen LogP contribution < -0.4 is 0 Å². The zero-order valence-corrected chi connectivity index (χ0v) is 10.5. The maximum atomic E-state index is 12.2. The number of carbonyl (C=O) groups excluding carboxylic acids is 1.